The van der Waals surface area contributed by atoms with Crippen LogP contribution in [0.15, 0.2) is 0 Å². The Labute approximate surface area is 455 Å². The molecule has 0 saturated heterocycles. The number of fused-ring (bicyclic) bond motifs is 2. The fourth-order valence-corrected chi connectivity index (χ4v) is 12.4. The van der Waals surface area contributed by atoms with Crippen LogP contribution in [0.4, 0.5) is 0 Å². The smallest absolute Gasteiger partial charge is 0.305 e. The van der Waals surface area contributed by atoms with E-state index >= 15 is 0 Å². The van der Waals surface area contributed by atoms with E-state index in [9.17, 15) is 14.4 Å². The molecule has 2 fully saturated rings. The fraction of sp³-hybridized carbons (Fsp3) is 0.952. The van der Waals surface area contributed by atoms with E-state index in [1.807, 2.05) is 0 Å². The third-order valence-electron chi connectivity index (χ3n) is 16.3. The van der Waals surface area contributed by atoms with Gasteiger partial charge in [-0.25, -0.2) is 0 Å². The van der Waals surface area contributed by atoms with Crippen molar-refractivity contribution in [3.63, 3.8) is 0 Å². The van der Waals surface area contributed by atoms with Crippen LogP contribution in [-0.4, -0.2) is 101 Å². The molecule has 0 aromatic rings. The van der Waals surface area contributed by atoms with Crippen LogP contribution in [-0.2, 0) is 47.5 Å². The second-order valence-corrected chi connectivity index (χ2v) is 23.8. The highest BCUT2D eigenvalue weighted by molar-refractivity contribution is 5.70. The van der Waals surface area contributed by atoms with Gasteiger partial charge >= 0.3 is 17.9 Å². The van der Waals surface area contributed by atoms with Gasteiger partial charge in [0.15, 0.2) is 12.6 Å². The number of unbranched alkanes of at least 4 members (excludes halogenated alkanes) is 16. The summed E-state index contributed by atoms with van der Waals surface area (Å²) in [6.45, 7) is 25.0. The maximum atomic E-state index is 13.6. The topological polar surface area (TPSA) is 119 Å². The molecule has 0 aromatic heterocycles. The zero-order chi connectivity index (χ0) is 54.0. The minimum Gasteiger partial charge on any atom is -0.466 e. The van der Waals surface area contributed by atoms with Gasteiger partial charge in [0, 0.05) is 65.1 Å². The summed E-state index contributed by atoms with van der Waals surface area (Å²) in [6.07, 6.45) is 35.6. The van der Waals surface area contributed by atoms with Crippen LogP contribution in [0.3, 0.4) is 0 Å². The van der Waals surface area contributed by atoms with Crippen LogP contribution in [0.1, 0.15) is 287 Å². The Morgan fingerprint density at radius 2 is 0.757 bits per heavy atom. The molecule has 2 aliphatic rings. The number of carbonyl (C=O) groups is 3. The minimum atomic E-state index is -0.264. The lowest BCUT2D eigenvalue weighted by Crippen LogP contribution is -2.48. The van der Waals surface area contributed by atoms with Crippen LogP contribution in [0.5, 0.6) is 0 Å². The molecular formula is C63H119NO10. The summed E-state index contributed by atoms with van der Waals surface area (Å²) in [5.41, 5.74) is -0.175. The summed E-state index contributed by atoms with van der Waals surface area (Å²) < 4.78 is 42.4. The van der Waals surface area contributed by atoms with E-state index in [0.29, 0.717) is 90.7 Å². The SMILES string of the molecule is CCCCCCCOC(CCCOC(=O)CCC1(C)CC2CC(C)(CCC(=O)OCCCN(CC)CC)CC(CCC(=O)OCCCC(OCCCCCCC)OCCCCCCC)(C2)C1)OCCCCCCC. The Balaban J connectivity index is 2.02. The van der Waals surface area contributed by atoms with E-state index in [1.165, 1.54) is 103 Å². The van der Waals surface area contributed by atoms with Gasteiger partial charge in [-0.2, -0.15) is 0 Å². The molecular weight excluding hydrogens is 931 g/mol. The maximum Gasteiger partial charge on any atom is 0.305 e. The van der Waals surface area contributed by atoms with E-state index in [4.69, 9.17) is 33.2 Å². The van der Waals surface area contributed by atoms with E-state index in [-0.39, 0.29) is 46.7 Å². The first-order chi connectivity index (χ1) is 35.9. The number of nitrogens with zero attached hydrogens (tertiary/aromatic N) is 1. The summed E-state index contributed by atoms with van der Waals surface area (Å²) in [7, 11) is 0. The third-order valence-corrected chi connectivity index (χ3v) is 16.3. The molecule has 2 rings (SSSR count). The minimum absolute atomic E-state index is 0.0380. The Morgan fingerprint density at radius 3 is 1.11 bits per heavy atom. The summed E-state index contributed by atoms with van der Waals surface area (Å²) >= 11 is 0. The molecule has 0 heterocycles. The number of carbonyl (C=O) groups excluding carboxylic acids is 3. The summed E-state index contributed by atoms with van der Waals surface area (Å²) in [4.78, 5) is 42.4. The predicted molar refractivity (Wildman–Crippen MR) is 303 cm³/mol. The highest BCUT2D eigenvalue weighted by Gasteiger charge is 2.53. The molecule has 0 amide bonds. The summed E-state index contributed by atoms with van der Waals surface area (Å²) in [6, 6.07) is 0. The average Bonchev–Trinajstić information content (AvgIpc) is 3.37. The van der Waals surface area contributed by atoms with Gasteiger partial charge in [0.05, 0.1) is 19.8 Å². The molecule has 2 bridgehead atoms. The first-order valence-corrected chi connectivity index (χ1v) is 31.5. The summed E-state index contributed by atoms with van der Waals surface area (Å²) in [5.74, 6) is 0.0672. The molecule has 4 unspecified atom stereocenters. The van der Waals surface area contributed by atoms with E-state index < -0.39 is 0 Å². The first kappa shape index (κ1) is 68.3. The van der Waals surface area contributed by atoms with Crippen LogP contribution in [0, 0.1) is 22.2 Å². The van der Waals surface area contributed by atoms with Crippen molar-refractivity contribution in [1.82, 2.24) is 4.90 Å². The molecule has 11 heteroatoms. The predicted octanol–water partition coefficient (Wildman–Crippen LogP) is 16.4. The first-order valence-electron chi connectivity index (χ1n) is 31.5. The molecule has 2 aliphatic carbocycles. The van der Waals surface area contributed by atoms with Crippen molar-refractivity contribution in [3.05, 3.63) is 0 Å². The third kappa shape index (κ3) is 33.5. The largest absolute Gasteiger partial charge is 0.466 e. The lowest BCUT2D eigenvalue weighted by molar-refractivity contribution is -0.155. The van der Waals surface area contributed by atoms with Gasteiger partial charge in [-0.05, 0) is 132 Å². The van der Waals surface area contributed by atoms with E-state index in [0.717, 1.165) is 110 Å². The lowest BCUT2D eigenvalue weighted by Gasteiger charge is -2.58. The van der Waals surface area contributed by atoms with Crippen LogP contribution >= 0.6 is 0 Å². The maximum absolute atomic E-state index is 13.6. The standard InChI is InChI=1S/C63H119NO10/c1-9-15-19-23-27-43-71-59(72-44-28-24-20-16-10-2)34-31-47-68-56(65)36-39-61(7)50-55-51-62(8,40-37-57(66)70-49-33-42-64(13-5)14-6)54-63(52-55,53-61)41-38-58(67)69-48-32-35-60(73-45-29-25-21-17-11-3)74-46-30-26-22-18-12-4/h55,59-60H,9-54H2,1-8H3. The van der Waals surface area contributed by atoms with Gasteiger partial charge in [0.1, 0.15) is 0 Å². The van der Waals surface area contributed by atoms with Crippen molar-refractivity contribution < 1.29 is 47.5 Å². The Kier molecular flexibility index (Phi) is 39.8. The Hall–Kier alpha value is -1.79. The van der Waals surface area contributed by atoms with Crippen molar-refractivity contribution in [3.8, 4) is 0 Å². The van der Waals surface area contributed by atoms with Crippen LogP contribution < -0.4 is 0 Å². The Morgan fingerprint density at radius 1 is 0.419 bits per heavy atom. The van der Waals surface area contributed by atoms with Crippen LogP contribution in [0.2, 0.25) is 0 Å². The number of hydrogen-bond donors (Lipinski definition) is 0. The van der Waals surface area contributed by atoms with Crippen molar-refractivity contribution in [1.29, 1.82) is 0 Å². The monoisotopic (exact) mass is 1050 g/mol. The quantitative estimate of drug-likeness (QED) is 0.0251. The molecule has 0 spiro atoms. The van der Waals surface area contributed by atoms with Gasteiger partial charge in [0.25, 0.3) is 0 Å². The molecule has 0 aliphatic heterocycles. The molecule has 0 radical (unpaired) electrons. The van der Waals surface area contributed by atoms with Gasteiger partial charge in [0.2, 0.25) is 0 Å². The second kappa shape index (κ2) is 43.1. The van der Waals surface area contributed by atoms with Crippen molar-refractivity contribution >= 4 is 17.9 Å². The molecule has 74 heavy (non-hydrogen) atoms. The average molecular weight is 1050 g/mol. The van der Waals surface area contributed by atoms with Crippen molar-refractivity contribution in [2.75, 3.05) is 65.9 Å². The fourth-order valence-electron chi connectivity index (χ4n) is 12.4. The van der Waals surface area contributed by atoms with Crippen molar-refractivity contribution in [2.24, 2.45) is 22.2 Å². The number of ether oxygens (including phenoxy) is 7. The normalized spacial score (nSPS) is 20.7. The Bertz CT molecular complexity index is 1340. The second-order valence-electron chi connectivity index (χ2n) is 23.8. The molecule has 0 N–H and O–H groups in total. The van der Waals surface area contributed by atoms with Crippen molar-refractivity contribution in [2.45, 2.75) is 299 Å². The van der Waals surface area contributed by atoms with Gasteiger partial charge in [-0.15, -0.1) is 0 Å². The van der Waals surface area contributed by atoms with E-state index in [2.05, 4.69) is 60.3 Å². The highest BCUT2D eigenvalue weighted by Crippen LogP contribution is 2.64. The molecule has 4 atom stereocenters. The number of hydrogen-bond acceptors (Lipinski definition) is 11. The summed E-state index contributed by atoms with van der Waals surface area (Å²) in [5, 5.41) is 0. The molecule has 2 saturated carbocycles. The highest BCUT2D eigenvalue weighted by atomic mass is 16.7. The zero-order valence-electron chi connectivity index (χ0n) is 49.8. The lowest BCUT2D eigenvalue weighted by atomic mass is 9.47. The number of rotatable bonds is 51. The van der Waals surface area contributed by atoms with Gasteiger partial charge in [-0.3, -0.25) is 14.4 Å². The number of esters is 3. The van der Waals surface area contributed by atoms with Gasteiger partial charge in [-0.1, -0.05) is 158 Å². The molecule has 436 valence electrons. The zero-order valence-corrected chi connectivity index (χ0v) is 49.8. The van der Waals surface area contributed by atoms with Crippen LogP contribution in [0.25, 0.3) is 0 Å². The molecule has 0 aromatic carbocycles. The van der Waals surface area contributed by atoms with Gasteiger partial charge < -0.3 is 38.1 Å². The molecule has 11 nitrogen and oxygen atoms in total. The van der Waals surface area contributed by atoms with E-state index in [1.54, 1.807) is 0 Å².